The van der Waals surface area contributed by atoms with Gasteiger partial charge in [0.05, 0.1) is 13.2 Å². The minimum absolute atomic E-state index is 0.0916. The minimum Gasteiger partial charge on any atom is -0.507 e. The summed E-state index contributed by atoms with van der Waals surface area (Å²) in [6, 6.07) is 16.3. The Balaban J connectivity index is 1.84. The molecule has 1 aliphatic heterocycles. The van der Waals surface area contributed by atoms with Crippen LogP contribution in [0.15, 0.2) is 58.0 Å². The summed E-state index contributed by atoms with van der Waals surface area (Å²) in [6.45, 7) is 5.71. The number of halogens is 1. The van der Waals surface area contributed by atoms with E-state index in [1.165, 1.54) is 10.5 Å². The van der Waals surface area contributed by atoms with Crippen molar-refractivity contribution in [2.45, 2.75) is 19.0 Å². The molecule has 0 bridgehead atoms. The third-order valence-electron chi connectivity index (χ3n) is 4.65. The van der Waals surface area contributed by atoms with E-state index in [4.69, 9.17) is 9.73 Å². The molecule has 1 fully saturated rings. The largest absolute Gasteiger partial charge is 0.507 e. The highest BCUT2D eigenvalue weighted by Crippen LogP contribution is 2.21. The molecule has 1 aliphatic rings. The maximum atomic E-state index is 10.0. The molecule has 0 amide bonds. The van der Waals surface area contributed by atoms with Crippen LogP contribution in [0.1, 0.15) is 24.1 Å². The lowest BCUT2D eigenvalue weighted by Crippen LogP contribution is -3.15. The van der Waals surface area contributed by atoms with Crippen molar-refractivity contribution in [1.29, 1.82) is 0 Å². The number of hydrogen-bond acceptors (Lipinski definition) is 3. The zero-order valence-electron chi connectivity index (χ0n) is 14.4. The average molecular weight is 404 g/mol. The van der Waals surface area contributed by atoms with Gasteiger partial charge in [-0.3, -0.25) is 4.99 Å². The van der Waals surface area contributed by atoms with Gasteiger partial charge in [-0.05, 0) is 25.1 Å². The lowest BCUT2D eigenvalue weighted by molar-refractivity contribution is -0.940. The second-order valence-electron chi connectivity index (χ2n) is 6.38. The van der Waals surface area contributed by atoms with E-state index in [9.17, 15) is 5.11 Å². The van der Waals surface area contributed by atoms with Crippen LogP contribution >= 0.6 is 15.9 Å². The van der Waals surface area contributed by atoms with Crippen LogP contribution in [0.3, 0.4) is 0 Å². The fraction of sp³-hybridized carbons (Fsp3) is 0.350. The minimum atomic E-state index is 0.0916. The molecule has 0 aromatic heterocycles. The van der Waals surface area contributed by atoms with Crippen LogP contribution in [-0.4, -0.2) is 43.7 Å². The smallest absolute Gasteiger partial charge is 0.136 e. The number of ether oxygens (including phenoxy) is 1. The molecular formula is C20H24BrN2O2+. The number of phenols is 1. The van der Waals surface area contributed by atoms with E-state index in [-0.39, 0.29) is 17.8 Å². The fourth-order valence-corrected chi connectivity index (χ4v) is 3.75. The molecule has 2 aromatic carbocycles. The molecule has 2 N–H and O–H groups in total. The Morgan fingerprint density at radius 2 is 1.88 bits per heavy atom. The molecule has 0 spiro atoms. The molecule has 4 nitrogen and oxygen atoms in total. The molecule has 1 heterocycles. The molecule has 0 radical (unpaired) electrons. The van der Waals surface area contributed by atoms with Crippen LogP contribution in [0.5, 0.6) is 5.75 Å². The molecule has 2 aromatic rings. The Kier molecular flexibility index (Phi) is 6.24. The number of rotatable bonds is 5. The van der Waals surface area contributed by atoms with Crippen molar-refractivity contribution in [3.8, 4) is 5.75 Å². The van der Waals surface area contributed by atoms with Gasteiger partial charge in [0.2, 0.25) is 0 Å². The summed E-state index contributed by atoms with van der Waals surface area (Å²) in [4.78, 5) is 6.28. The van der Waals surface area contributed by atoms with Crippen molar-refractivity contribution in [3.05, 3.63) is 64.1 Å². The van der Waals surface area contributed by atoms with Crippen molar-refractivity contribution in [3.63, 3.8) is 0 Å². The van der Waals surface area contributed by atoms with Crippen LogP contribution < -0.4 is 4.90 Å². The van der Waals surface area contributed by atoms with Crippen LogP contribution in [0.25, 0.3) is 0 Å². The van der Waals surface area contributed by atoms with Crippen molar-refractivity contribution in [2.24, 2.45) is 4.99 Å². The normalized spacial score (nSPS) is 18.3. The predicted octanol–water partition coefficient (Wildman–Crippen LogP) is 2.62. The maximum Gasteiger partial charge on any atom is 0.136 e. The summed E-state index contributed by atoms with van der Waals surface area (Å²) in [5, 5.41) is 10.0. The van der Waals surface area contributed by atoms with E-state index in [1.807, 2.05) is 18.2 Å². The molecule has 1 saturated heterocycles. The lowest BCUT2D eigenvalue weighted by Gasteiger charge is -2.33. The van der Waals surface area contributed by atoms with Crippen molar-refractivity contribution >= 4 is 22.1 Å². The molecule has 0 saturated carbocycles. The molecule has 25 heavy (non-hydrogen) atoms. The summed E-state index contributed by atoms with van der Waals surface area (Å²) in [6.07, 6.45) is 1.78. The third kappa shape index (κ3) is 4.69. The van der Waals surface area contributed by atoms with Gasteiger partial charge in [0.15, 0.2) is 0 Å². The van der Waals surface area contributed by atoms with E-state index in [0.717, 1.165) is 36.3 Å². The molecule has 0 aliphatic carbocycles. The molecule has 0 unspecified atom stereocenters. The summed E-state index contributed by atoms with van der Waals surface area (Å²) >= 11 is 3.44. The average Bonchev–Trinajstić information content (AvgIpc) is 2.64. The Morgan fingerprint density at radius 1 is 1.16 bits per heavy atom. The second kappa shape index (κ2) is 8.61. The number of benzene rings is 2. The number of hydrogen-bond donors (Lipinski definition) is 2. The van der Waals surface area contributed by atoms with Gasteiger partial charge in [0.25, 0.3) is 0 Å². The predicted molar refractivity (Wildman–Crippen MR) is 104 cm³/mol. The van der Waals surface area contributed by atoms with E-state index >= 15 is 0 Å². The molecule has 3 rings (SSSR count). The molecule has 2 atom stereocenters. The quantitative estimate of drug-likeness (QED) is 0.753. The van der Waals surface area contributed by atoms with Crippen LogP contribution in [0.4, 0.5) is 0 Å². The summed E-state index contributed by atoms with van der Waals surface area (Å²) in [7, 11) is 0. The first kappa shape index (κ1) is 18.1. The fourth-order valence-electron chi connectivity index (χ4n) is 3.37. The van der Waals surface area contributed by atoms with Gasteiger partial charge >= 0.3 is 0 Å². The van der Waals surface area contributed by atoms with Crippen LogP contribution in [0.2, 0.25) is 0 Å². The van der Waals surface area contributed by atoms with Gasteiger partial charge in [0, 0.05) is 21.8 Å². The summed E-state index contributed by atoms with van der Waals surface area (Å²) in [5.41, 5.74) is 2.02. The summed E-state index contributed by atoms with van der Waals surface area (Å²) < 4.78 is 6.45. The monoisotopic (exact) mass is 403 g/mol. The Bertz CT molecular complexity index is 715. The summed E-state index contributed by atoms with van der Waals surface area (Å²) in [5.74, 6) is 0.245. The van der Waals surface area contributed by atoms with E-state index < -0.39 is 0 Å². The highest BCUT2D eigenvalue weighted by Gasteiger charge is 2.30. The first-order valence-electron chi connectivity index (χ1n) is 8.64. The van der Waals surface area contributed by atoms with Gasteiger partial charge in [-0.1, -0.05) is 46.3 Å². The first-order valence-corrected chi connectivity index (χ1v) is 9.43. The van der Waals surface area contributed by atoms with E-state index in [0.29, 0.717) is 0 Å². The van der Waals surface area contributed by atoms with Gasteiger partial charge in [-0.25, -0.2) is 0 Å². The van der Waals surface area contributed by atoms with Crippen molar-refractivity contribution in [2.75, 3.05) is 26.3 Å². The van der Waals surface area contributed by atoms with Crippen molar-refractivity contribution < 1.29 is 14.7 Å². The van der Waals surface area contributed by atoms with Crippen LogP contribution in [-0.2, 0) is 4.74 Å². The second-order valence-corrected chi connectivity index (χ2v) is 7.30. The molecular weight excluding hydrogens is 380 g/mol. The first-order chi connectivity index (χ1) is 12.1. The third-order valence-corrected chi connectivity index (χ3v) is 5.15. The lowest BCUT2D eigenvalue weighted by atomic mass is 9.98. The van der Waals surface area contributed by atoms with Gasteiger partial charge in [-0.15, -0.1) is 0 Å². The molecule has 5 heteroatoms. The molecule has 132 valence electrons. The van der Waals surface area contributed by atoms with Gasteiger partial charge < -0.3 is 14.7 Å². The van der Waals surface area contributed by atoms with Crippen molar-refractivity contribution in [1.82, 2.24) is 0 Å². The van der Waals surface area contributed by atoms with E-state index in [1.54, 1.807) is 12.3 Å². The Labute approximate surface area is 157 Å². The topological polar surface area (TPSA) is 46.3 Å². The number of morpholine rings is 1. The van der Waals surface area contributed by atoms with Gasteiger partial charge in [-0.2, -0.15) is 0 Å². The zero-order chi connectivity index (χ0) is 17.6. The number of nitrogens with one attached hydrogen (secondary N) is 1. The standard InChI is InChI=1S/C20H23BrN2O2/c1-15(22-14-17-13-18(21)7-8-19(17)24)20(16-5-3-2-4-6-16)23-9-11-25-12-10-23/h2-8,13-15,20,24H,9-12H2,1H3/p+1/t15-,20-/m1/s1. The SMILES string of the molecule is C[C@@H](N=Cc1cc(Br)ccc1O)[C@H](c1ccccc1)[NH+]1CCOCC1. The van der Waals surface area contributed by atoms with Crippen LogP contribution in [0, 0.1) is 0 Å². The number of quaternary nitrogens is 1. The number of aliphatic imine (C=N–C) groups is 1. The number of aromatic hydroxyl groups is 1. The zero-order valence-corrected chi connectivity index (χ0v) is 15.9. The highest BCUT2D eigenvalue weighted by molar-refractivity contribution is 9.10. The number of phenolic OH excluding ortho intramolecular Hbond substituents is 1. The van der Waals surface area contributed by atoms with E-state index in [2.05, 4.69) is 47.1 Å². The number of nitrogens with zero attached hydrogens (tertiary/aromatic N) is 1. The Morgan fingerprint density at radius 3 is 2.60 bits per heavy atom. The van der Waals surface area contributed by atoms with Gasteiger partial charge in [0.1, 0.15) is 30.9 Å². The highest BCUT2D eigenvalue weighted by atomic mass is 79.9. The maximum absolute atomic E-state index is 10.0. The Hall–Kier alpha value is -1.69.